The molecule has 2 aromatic carbocycles. The van der Waals surface area contributed by atoms with Crippen LogP contribution in [-0.2, 0) is 11.0 Å². The van der Waals surface area contributed by atoms with Crippen LogP contribution in [0.2, 0.25) is 0 Å². The molecule has 4 heteroatoms. The summed E-state index contributed by atoms with van der Waals surface area (Å²) < 4.78 is 15.2. The van der Waals surface area contributed by atoms with E-state index in [2.05, 4.69) is 4.72 Å². The fourth-order valence-electron chi connectivity index (χ4n) is 1.63. The van der Waals surface area contributed by atoms with Gasteiger partial charge >= 0.3 is 0 Å². The summed E-state index contributed by atoms with van der Waals surface area (Å²) in [5.74, 6) is 0. The lowest BCUT2D eigenvalue weighted by atomic mass is 10.1. The highest BCUT2D eigenvalue weighted by atomic mass is 32.2. The van der Waals surface area contributed by atoms with E-state index in [-0.39, 0.29) is 6.04 Å². The van der Waals surface area contributed by atoms with Gasteiger partial charge in [-0.05, 0) is 36.8 Å². The molecule has 2 rings (SSSR count). The molecule has 18 heavy (non-hydrogen) atoms. The van der Waals surface area contributed by atoms with Crippen LogP contribution in [0.25, 0.3) is 0 Å². The molecule has 0 saturated heterocycles. The van der Waals surface area contributed by atoms with E-state index in [4.69, 9.17) is 5.73 Å². The first-order valence-electron chi connectivity index (χ1n) is 5.75. The van der Waals surface area contributed by atoms with Gasteiger partial charge in [-0.3, -0.25) is 0 Å². The maximum absolute atomic E-state index is 12.1. The monoisotopic (exact) mass is 260 g/mol. The predicted octanol–water partition coefficient (Wildman–Crippen LogP) is 2.64. The van der Waals surface area contributed by atoms with Crippen molar-refractivity contribution in [3.8, 4) is 0 Å². The number of benzene rings is 2. The lowest BCUT2D eigenvalue weighted by Gasteiger charge is -2.13. The Bertz CT molecular complexity index is 525. The Morgan fingerprint density at radius 1 is 1.06 bits per heavy atom. The third kappa shape index (κ3) is 3.18. The van der Waals surface area contributed by atoms with Crippen LogP contribution < -0.4 is 10.5 Å². The number of rotatable bonds is 4. The highest BCUT2D eigenvalue weighted by Gasteiger charge is 2.09. The molecule has 0 spiro atoms. The highest BCUT2D eigenvalue weighted by molar-refractivity contribution is 7.83. The van der Waals surface area contributed by atoms with Crippen LogP contribution in [0.4, 0.5) is 5.69 Å². The minimum Gasteiger partial charge on any atom is -0.399 e. The number of hydrogen-bond donors (Lipinski definition) is 2. The van der Waals surface area contributed by atoms with Crippen molar-refractivity contribution in [2.45, 2.75) is 17.9 Å². The molecule has 2 atom stereocenters. The molecule has 0 aliphatic rings. The first kappa shape index (κ1) is 12.8. The van der Waals surface area contributed by atoms with Crippen LogP contribution in [0, 0.1) is 0 Å². The molecule has 2 unspecified atom stereocenters. The van der Waals surface area contributed by atoms with Crippen molar-refractivity contribution in [1.29, 1.82) is 0 Å². The van der Waals surface area contributed by atoms with E-state index in [1.807, 2.05) is 37.3 Å². The van der Waals surface area contributed by atoms with E-state index in [0.717, 1.165) is 10.5 Å². The molecule has 0 amide bonds. The fraction of sp³-hybridized carbons (Fsp3) is 0.143. The smallest absolute Gasteiger partial charge is 0.125 e. The number of nitrogens with one attached hydrogen (secondary N) is 1. The standard InChI is InChI=1S/C14H16N2OS/c1-11(12-5-3-2-4-6-12)16-18(17)14-9-7-13(15)8-10-14/h2-11,16H,15H2,1H3. The van der Waals surface area contributed by atoms with Crippen molar-refractivity contribution in [3.63, 3.8) is 0 Å². The molecular formula is C14H16N2OS. The van der Waals surface area contributed by atoms with Crippen LogP contribution in [-0.4, -0.2) is 4.21 Å². The minimum absolute atomic E-state index is 0.0320. The van der Waals surface area contributed by atoms with Crippen LogP contribution in [0.1, 0.15) is 18.5 Å². The molecule has 2 aromatic rings. The summed E-state index contributed by atoms with van der Waals surface area (Å²) in [5.41, 5.74) is 7.39. The van der Waals surface area contributed by atoms with Gasteiger partial charge in [0.15, 0.2) is 0 Å². The van der Waals surface area contributed by atoms with Gasteiger partial charge in [0.05, 0.1) is 4.90 Å². The molecule has 0 aliphatic heterocycles. The van der Waals surface area contributed by atoms with Crippen LogP contribution in [0.5, 0.6) is 0 Å². The first-order valence-corrected chi connectivity index (χ1v) is 6.90. The SMILES string of the molecule is CC(NS(=O)c1ccc(N)cc1)c1ccccc1. The molecule has 0 fully saturated rings. The van der Waals surface area contributed by atoms with E-state index in [1.54, 1.807) is 24.3 Å². The summed E-state index contributed by atoms with van der Waals surface area (Å²) in [6.07, 6.45) is 0. The average Bonchev–Trinajstić information content (AvgIpc) is 2.40. The second-order valence-electron chi connectivity index (χ2n) is 4.09. The van der Waals surface area contributed by atoms with Gasteiger partial charge < -0.3 is 5.73 Å². The minimum atomic E-state index is -1.23. The van der Waals surface area contributed by atoms with E-state index in [1.165, 1.54) is 0 Å². The third-order valence-electron chi connectivity index (χ3n) is 2.68. The van der Waals surface area contributed by atoms with Crippen LogP contribution >= 0.6 is 0 Å². The maximum atomic E-state index is 12.1. The van der Waals surface area contributed by atoms with E-state index in [9.17, 15) is 4.21 Å². The molecule has 3 nitrogen and oxygen atoms in total. The van der Waals surface area contributed by atoms with Crippen LogP contribution in [0.3, 0.4) is 0 Å². The van der Waals surface area contributed by atoms with E-state index < -0.39 is 11.0 Å². The maximum Gasteiger partial charge on any atom is 0.125 e. The van der Waals surface area contributed by atoms with Crippen molar-refractivity contribution >= 4 is 16.7 Å². The molecule has 0 saturated carbocycles. The Morgan fingerprint density at radius 2 is 1.67 bits per heavy atom. The first-order chi connectivity index (χ1) is 8.66. The number of nitrogens with two attached hydrogens (primary N) is 1. The fourth-order valence-corrected chi connectivity index (χ4v) is 2.61. The highest BCUT2D eigenvalue weighted by Crippen LogP contribution is 2.15. The molecule has 0 bridgehead atoms. The summed E-state index contributed by atoms with van der Waals surface area (Å²) in [5, 5.41) is 0. The zero-order valence-electron chi connectivity index (χ0n) is 10.2. The normalized spacial score (nSPS) is 14.1. The topological polar surface area (TPSA) is 55.1 Å². The molecule has 0 aliphatic carbocycles. The molecule has 0 radical (unpaired) electrons. The average molecular weight is 260 g/mol. The van der Waals surface area contributed by atoms with Gasteiger partial charge in [-0.2, -0.15) is 0 Å². The van der Waals surface area contributed by atoms with Gasteiger partial charge in [0.1, 0.15) is 11.0 Å². The lowest BCUT2D eigenvalue weighted by Crippen LogP contribution is -2.21. The van der Waals surface area contributed by atoms with E-state index >= 15 is 0 Å². The van der Waals surface area contributed by atoms with Gasteiger partial charge in [-0.1, -0.05) is 30.3 Å². The second-order valence-corrected chi connectivity index (χ2v) is 5.33. The van der Waals surface area contributed by atoms with Gasteiger partial charge in [-0.15, -0.1) is 0 Å². The molecule has 3 N–H and O–H groups in total. The van der Waals surface area contributed by atoms with Crippen molar-refractivity contribution in [3.05, 3.63) is 60.2 Å². The summed E-state index contributed by atoms with van der Waals surface area (Å²) in [6.45, 7) is 1.99. The third-order valence-corrected chi connectivity index (χ3v) is 3.95. The van der Waals surface area contributed by atoms with Crippen molar-refractivity contribution in [2.75, 3.05) is 5.73 Å². The molecule has 94 valence electrons. The van der Waals surface area contributed by atoms with Gasteiger partial charge in [-0.25, -0.2) is 8.93 Å². The van der Waals surface area contributed by atoms with Crippen molar-refractivity contribution < 1.29 is 4.21 Å². The summed E-state index contributed by atoms with van der Waals surface area (Å²) in [6, 6.07) is 17.0. The number of anilines is 1. The van der Waals surface area contributed by atoms with Crippen LogP contribution in [0.15, 0.2) is 59.5 Å². The van der Waals surface area contributed by atoms with Gasteiger partial charge in [0.25, 0.3) is 0 Å². The molecule has 0 heterocycles. The number of hydrogen-bond acceptors (Lipinski definition) is 2. The Balaban J connectivity index is 2.06. The zero-order chi connectivity index (χ0) is 13.0. The lowest BCUT2D eigenvalue weighted by molar-refractivity contribution is 0.651. The number of nitrogen functional groups attached to an aromatic ring is 1. The van der Waals surface area contributed by atoms with Gasteiger partial charge in [0.2, 0.25) is 0 Å². The largest absolute Gasteiger partial charge is 0.399 e. The summed E-state index contributed by atoms with van der Waals surface area (Å²) >= 11 is 0. The Labute approximate surface area is 110 Å². The second kappa shape index (κ2) is 5.80. The summed E-state index contributed by atoms with van der Waals surface area (Å²) in [7, 11) is -1.23. The quantitative estimate of drug-likeness (QED) is 0.830. The predicted molar refractivity (Wildman–Crippen MR) is 75.3 cm³/mol. The van der Waals surface area contributed by atoms with E-state index in [0.29, 0.717) is 5.69 Å². The Kier molecular flexibility index (Phi) is 4.12. The molecular weight excluding hydrogens is 244 g/mol. The zero-order valence-corrected chi connectivity index (χ0v) is 11.0. The van der Waals surface area contributed by atoms with Crippen molar-refractivity contribution in [2.24, 2.45) is 0 Å². The van der Waals surface area contributed by atoms with Crippen molar-refractivity contribution in [1.82, 2.24) is 4.72 Å². The van der Waals surface area contributed by atoms with Gasteiger partial charge in [0, 0.05) is 11.7 Å². The molecule has 0 aromatic heterocycles. The Morgan fingerprint density at radius 3 is 2.28 bits per heavy atom. The summed E-state index contributed by atoms with van der Waals surface area (Å²) in [4.78, 5) is 0.729. The Hall–Kier alpha value is -1.65.